The second-order valence-electron chi connectivity index (χ2n) is 5.72. The molecule has 0 spiro atoms. The van der Waals surface area contributed by atoms with Crippen LogP contribution < -0.4 is 5.32 Å². The number of rotatable bonds is 8. The zero-order valence-electron chi connectivity index (χ0n) is 15.1. The molecular weight excluding hydrogens is 338 g/mol. The molecule has 0 fully saturated rings. The molecule has 0 aliphatic carbocycles. The summed E-state index contributed by atoms with van der Waals surface area (Å²) in [5.74, 6) is 0.0723. The van der Waals surface area contributed by atoms with Crippen LogP contribution in [-0.2, 0) is 16.0 Å². The standard InChI is InChI=1S/C19H23NO6/c1-4-15(11-21)20-10-16-5-6-17(26-16)12-7-13(18(22)24-2)9-14(8-12)19(23)25-3/h5-9,15,20-21H,4,10-11H2,1-3H3. The third-order valence-electron chi connectivity index (χ3n) is 4.00. The van der Waals surface area contributed by atoms with Crippen LogP contribution in [0.4, 0.5) is 0 Å². The number of carbonyl (C=O) groups is 2. The number of hydrogen-bond donors (Lipinski definition) is 2. The van der Waals surface area contributed by atoms with E-state index < -0.39 is 11.9 Å². The van der Waals surface area contributed by atoms with Crippen LogP contribution in [0.5, 0.6) is 0 Å². The molecule has 1 aromatic carbocycles. The van der Waals surface area contributed by atoms with Gasteiger partial charge in [-0.1, -0.05) is 6.92 Å². The third kappa shape index (κ3) is 4.71. The van der Waals surface area contributed by atoms with Crippen molar-refractivity contribution >= 4 is 11.9 Å². The van der Waals surface area contributed by atoms with Gasteiger partial charge in [-0.25, -0.2) is 9.59 Å². The van der Waals surface area contributed by atoms with Crippen molar-refractivity contribution in [2.24, 2.45) is 0 Å². The maximum atomic E-state index is 11.9. The first-order valence-electron chi connectivity index (χ1n) is 8.27. The van der Waals surface area contributed by atoms with Crippen molar-refractivity contribution in [3.8, 4) is 11.3 Å². The average molecular weight is 361 g/mol. The first-order chi connectivity index (χ1) is 12.5. The number of ether oxygens (including phenoxy) is 2. The minimum absolute atomic E-state index is 0.00266. The summed E-state index contributed by atoms with van der Waals surface area (Å²) in [6, 6.07) is 8.16. The zero-order valence-corrected chi connectivity index (χ0v) is 15.1. The van der Waals surface area contributed by atoms with E-state index in [1.165, 1.54) is 20.3 Å². The highest BCUT2D eigenvalue weighted by atomic mass is 16.5. The van der Waals surface area contributed by atoms with Crippen molar-refractivity contribution in [2.45, 2.75) is 25.9 Å². The van der Waals surface area contributed by atoms with Crippen molar-refractivity contribution in [2.75, 3.05) is 20.8 Å². The van der Waals surface area contributed by atoms with Gasteiger partial charge in [0.2, 0.25) is 0 Å². The number of hydrogen-bond acceptors (Lipinski definition) is 7. The molecular formula is C19H23NO6. The Kier molecular flexibility index (Phi) is 6.94. The maximum Gasteiger partial charge on any atom is 0.337 e. The van der Waals surface area contributed by atoms with Gasteiger partial charge in [-0.3, -0.25) is 0 Å². The van der Waals surface area contributed by atoms with Crippen molar-refractivity contribution in [3.63, 3.8) is 0 Å². The number of aliphatic hydroxyl groups is 1. The van der Waals surface area contributed by atoms with E-state index in [-0.39, 0.29) is 23.8 Å². The Hall–Kier alpha value is -2.64. The van der Waals surface area contributed by atoms with Gasteiger partial charge in [-0.05, 0) is 36.8 Å². The lowest BCUT2D eigenvalue weighted by Gasteiger charge is -2.12. The number of aliphatic hydroxyl groups excluding tert-OH is 1. The van der Waals surface area contributed by atoms with E-state index >= 15 is 0 Å². The van der Waals surface area contributed by atoms with Crippen LogP contribution in [0.15, 0.2) is 34.7 Å². The Morgan fingerprint density at radius 2 is 1.73 bits per heavy atom. The number of methoxy groups -OCH3 is 2. The van der Waals surface area contributed by atoms with Gasteiger partial charge in [-0.15, -0.1) is 0 Å². The topological polar surface area (TPSA) is 98.0 Å². The van der Waals surface area contributed by atoms with Crippen LogP contribution in [0.25, 0.3) is 11.3 Å². The molecule has 1 aromatic heterocycles. The summed E-state index contributed by atoms with van der Waals surface area (Å²) in [5.41, 5.74) is 1.02. The molecule has 1 unspecified atom stereocenters. The predicted octanol–water partition coefficient (Wildman–Crippen LogP) is 2.38. The van der Waals surface area contributed by atoms with Crippen LogP contribution in [0, 0.1) is 0 Å². The summed E-state index contributed by atoms with van der Waals surface area (Å²) in [5, 5.41) is 12.4. The van der Waals surface area contributed by atoms with Gasteiger partial charge in [0.1, 0.15) is 11.5 Å². The van der Waals surface area contributed by atoms with E-state index in [0.717, 1.165) is 6.42 Å². The van der Waals surface area contributed by atoms with Crippen molar-refractivity contribution in [1.29, 1.82) is 0 Å². The molecule has 2 N–H and O–H groups in total. The molecule has 7 nitrogen and oxygen atoms in total. The first kappa shape index (κ1) is 19.7. The number of carbonyl (C=O) groups excluding carboxylic acids is 2. The van der Waals surface area contributed by atoms with Crippen LogP contribution in [0.2, 0.25) is 0 Å². The van der Waals surface area contributed by atoms with Gasteiger partial charge < -0.3 is 24.3 Å². The van der Waals surface area contributed by atoms with Crippen LogP contribution in [0.1, 0.15) is 39.8 Å². The maximum absolute atomic E-state index is 11.9. The summed E-state index contributed by atoms with van der Waals surface area (Å²) in [6.07, 6.45) is 0.799. The fourth-order valence-corrected chi connectivity index (χ4v) is 2.45. The molecule has 26 heavy (non-hydrogen) atoms. The van der Waals surface area contributed by atoms with Gasteiger partial charge >= 0.3 is 11.9 Å². The Balaban J connectivity index is 2.29. The third-order valence-corrected chi connectivity index (χ3v) is 4.00. The van der Waals surface area contributed by atoms with E-state index in [4.69, 9.17) is 13.9 Å². The second-order valence-corrected chi connectivity index (χ2v) is 5.72. The summed E-state index contributed by atoms with van der Waals surface area (Å²) in [6.45, 7) is 2.49. The van der Waals surface area contributed by atoms with Crippen molar-refractivity contribution in [3.05, 3.63) is 47.2 Å². The van der Waals surface area contributed by atoms with E-state index in [9.17, 15) is 14.7 Å². The Morgan fingerprint density at radius 3 is 2.23 bits per heavy atom. The van der Waals surface area contributed by atoms with Gasteiger partial charge in [0, 0.05) is 11.6 Å². The fraction of sp³-hybridized carbons (Fsp3) is 0.368. The number of esters is 2. The molecule has 2 rings (SSSR count). The monoisotopic (exact) mass is 361 g/mol. The van der Waals surface area contributed by atoms with Crippen LogP contribution in [0.3, 0.4) is 0 Å². The minimum Gasteiger partial charge on any atom is -0.465 e. The van der Waals surface area contributed by atoms with Crippen molar-refractivity contribution < 1.29 is 28.6 Å². The first-order valence-corrected chi connectivity index (χ1v) is 8.27. The van der Waals surface area contributed by atoms with E-state index in [2.05, 4.69) is 5.32 Å². The Bertz CT molecular complexity index is 729. The SMILES string of the molecule is CCC(CO)NCc1ccc(-c2cc(C(=O)OC)cc(C(=O)OC)c2)o1. The molecule has 1 atom stereocenters. The average Bonchev–Trinajstić information content (AvgIpc) is 3.16. The summed E-state index contributed by atoms with van der Waals surface area (Å²) >= 11 is 0. The molecule has 0 amide bonds. The van der Waals surface area contributed by atoms with Gasteiger partial charge in [-0.2, -0.15) is 0 Å². The quantitative estimate of drug-likeness (QED) is 0.697. The Morgan fingerprint density at radius 1 is 1.12 bits per heavy atom. The fourth-order valence-electron chi connectivity index (χ4n) is 2.45. The molecule has 140 valence electrons. The predicted molar refractivity (Wildman–Crippen MR) is 94.8 cm³/mol. The normalized spacial score (nSPS) is 11.8. The highest BCUT2D eigenvalue weighted by Gasteiger charge is 2.16. The molecule has 0 saturated carbocycles. The smallest absolute Gasteiger partial charge is 0.337 e. The minimum atomic E-state index is -0.556. The molecule has 0 saturated heterocycles. The molecule has 0 bridgehead atoms. The summed E-state index contributed by atoms with van der Waals surface area (Å²) < 4.78 is 15.3. The van der Waals surface area contributed by atoms with Crippen LogP contribution >= 0.6 is 0 Å². The summed E-state index contributed by atoms with van der Waals surface area (Å²) in [4.78, 5) is 23.7. The number of nitrogens with one attached hydrogen (secondary N) is 1. The highest BCUT2D eigenvalue weighted by molar-refractivity contribution is 5.97. The number of furan rings is 1. The summed E-state index contributed by atoms with van der Waals surface area (Å²) in [7, 11) is 2.55. The lowest BCUT2D eigenvalue weighted by Crippen LogP contribution is -2.30. The largest absolute Gasteiger partial charge is 0.465 e. The van der Waals surface area contributed by atoms with E-state index in [0.29, 0.717) is 23.6 Å². The van der Waals surface area contributed by atoms with Gasteiger partial charge in [0.15, 0.2) is 0 Å². The molecule has 2 aromatic rings. The van der Waals surface area contributed by atoms with Gasteiger partial charge in [0.25, 0.3) is 0 Å². The van der Waals surface area contributed by atoms with E-state index in [1.54, 1.807) is 24.3 Å². The molecule has 0 radical (unpaired) electrons. The van der Waals surface area contributed by atoms with Crippen LogP contribution in [-0.4, -0.2) is 43.9 Å². The highest BCUT2D eigenvalue weighted by Crippen LogP contribution is 2.25. The molecule has 7 heteroatoms. The van der Waals surface area contributed by atoms with Crippen molar-refractivity contribution in [1.82, 2.24) is 5.32 Å². The van der Waals surface area contributed by atoms with E-state index in [1.807, 2.05) is 6.92 Å². The molecule has 0 aliphatic rings. The zero-order chi connectivity index (χ0) is 19.1. The lowest BCUT2D eigenvalue weighted by molar-refractivity contribution is 0.0599. The Labute approximate surface area is 151 Å². The molecule has 1 heterocycles. The lowest BCUT2D eigenvalue weighted by atomic mass is 10.0. The number of benzene rings is 1. The molecule has 0 aliphatic heterocycles. The van der Waals surface area contributed by atoms with Gasteiger partial charge in [0.05, 0.1) is 38.5 Å². The second kappa shape index (κ2) is 9.17.